The zero-order chi connectivity index (χ0) is 14.0. The zero-order valence-electron chi connectivity index (χ0n) is 11.6. The van der Waals surface area contributed by atoms with E-state index in [0.717, 1.165) is 12.8 Å². The van der Waals surface area contributed by atoms with Crippen LogP contribution >= 0.6 is 0 Å². The molecule has 4 heteroatoms. The molecule has 1 aromatic carbocycles. The van der Waals surface area contributed by atoms with Gasteiger partial charge in [-0.05, 0) is 42.9 Å². The largest absolute Gasteiger partial charge is 0.478 e. The quantitative estimate of drug-likeness (QED) is 0.730. The monoisotopic (exact) mass is 262 g/mol. The molecule has 0 bridgehead atoms. The molecule has 2 rings (SSSR count). The third-order valence-corrected chi connectivity index (χ3v) is 3.84. The van der Waals surface area contributed by atoms with E-state index in [1.165, 1.54) is 12.8 Å². The third kappa shape index (κ3) is 3.40. The number of nitrogens with one attached hydrogen (secondary N) is 1. The molecule has 0 saturated heterocycles. The summed E-state index contributed by atoms with van der Waals surface area (Å²) in [6, 6.07) is 5.22. The van der Waals surface area contributed by atoms with E-state index in [1.807, 2.05) is 0 Å². The van der Waals surface area contributed by atoms with Crippen molar-refractivity contribution in [3.8, 4) is 0 Å². The smallest absolute Gasteiger partial charge is 0.337 e. The van der Waals surface area contributed by atoms with E-state index in [2.05, 4.69) is 19.2 Å². The molecule has 1 fully saturated rings. The number of benzene rings is 1. The van der Waals surface area contributed by atoms with E-state index in [-0.39, 0.29) is 5.56 Å². The molecule has 104 valence electrons. The molecule has 1 aliphatic rings. The number of hydrogen-bond acceptors (Lipinski definition) is 3. The van der Waals surface area contributed by atoms with E-state index >= 15 is 0 Å². The average molecular weight is 262 g/mol. The van der Waals surface area contributed by atoms with Crippen LogP contribution in [0.15, 0.2) is 18.2 Å². The number of anilines is 2. The Morgan fingerprint density at radius 3 is 2.84 bits per heavy atom. The molecule has 0 aliphatic heterocycles. The highest BCUT2D eigenvalue weighted by Crippen LogP contribution is 2.36. The molecule has 0 amide bonds. The first kappa shape index (κ1) is 13.7. The number of carboxylic acids is 1. The van der Waals surface area contributed by atoms with Gasteiger partial charge in [0, 0.05) is 11.7 Å². The first-order valence-corrected chi connectivity index (χ1v) is 6.77. The second-order valence-electron chi connectivity index (χ2n) is 6.21. The Kier molecular flexibility index (Phi) is 3.69. The van der Waals surface area contributed by atoms with Crippen molar-refractivity contribution in [1.29, 1.82) is 0 Å². The molecule has 19 heavy (non-hydrogen) atoms. The minimum absolute atomic E-state index is 0.289. The van der Waals surface area contributed by atoms with Gasteiger partial charge in [-0.3, -0.25) is 0 Å². The standard InChI is InChI=1S/C15H22N2O2/c1-15(2)7-3-4-11(9-15)17-13-8-10(16)5-6-12(13)14(18)19/h5-6,8,11,17H,3-4,7,9,16H2,1-2H3,(H,18,19). The molecule has 4 nitrogen and oxygen atoms in total. The maximum atomic E-state index is 11.2. The lowest BCUT2D eigenvalue weighted by Gasteiger charge is -2.36. The average Bonchev–Trinajstić information content (AvgIpc) is 2.27. The van der Waals surface area contributed by atoms with E-state index in [4.69, 9.17) is 5.73 Å². The molecule has 1 atom stereocenters. The molecule has 1 aliphatic carbocycles. The highest BCUT2D eigenvalue weighted by Gasteiger charge is 2.28. The molecule has 0 aromatic heterocycles. The molecular weight excluding hydrogens is 240 g/mol. The maximum Gasteiger partial charge on any atom is 0.337 e. The maximum absolute atomic E-state index is 11.2. The van der Waals surface area contributed by atoms with Crippen LogP contribution < -0.4 is 11.1 Å². The van der Waals surface area contributed by atoms with Crippen LogP contribution in [0.25, 0.3) is 0 Å². The predicted octanol–water partition coefficient (Wildman–Crippen LogP) is 3.35. The lowest BCUT2D eigenvalue weighted by atomic mass is 9.75. The first-order chi connectivity index (χ1) is 8.87. The van der Waals surface area contributed by atoms with Gasteiger partial charge in [0.2, 0.25) is 0 Å². The van der Waals surface area contributed by atoms with Gasteiger partial charge in [0.05, 0.1) is 11.3 Å². The van der Waals surface area contributed by atoms with Crippen LogP contribution in [0.5, 0.6) is 0 Å². The second-order valence-corrected chi connectivity index (χ2v) is 6.21. The van der Waals surface area contributed by atoms with Gasteiger partial charge in [-0.25, -0.2) is 4.79 Å². The topological polar surface area (TPSA) is 75.3 Å². The van der Waals surface area contributed by atoms with Crippen LogP contribution in [0, 0.1) is 5.41 Å². The number of aromatic carboxylic acids is 1. The Hall–Kier alpha value is -1.71. The van der Waals surface area contributed by atoms with Crippen molar-refractivity contribution >= 4 is 17.3 Å². The Balaban J connectivity index is 2.18. The molecule has 1 aromatic rings. The van der Waals surface area contributed by atoms with Crippen molar-refractivity contribution in [2.75, 3.05) is 11.1 Å². The number of rotatable bonds is 3. The summed E-state index contributed by atoms with van der Waals surface area (Å²) in [6.07, 6.45) is 4.54. The number of nitrogens with two attached hydrogens (primary N) is 1. The Labute approximate surface area is 114 Å². The number of carboxylic acid groups (broad SMARTS) is 1. The Bertz CT molecular complexity index is 483. The van der Waals surface area contributed by atoms with Crippen molar-refractivity contribution in [2.24, 2.45) is 5.41 Å². The van der Waals surface area contributed by atoms with Gasteiger partial charge in [0.1, 0.15) is 0 Å². The fraction of sp³-hybridized carbons (Fsp3) is 0.533. The number of carbonyl (C=O) groups is 1. The van der Waals surface area contributed by atoms with Gasteiger partial charge in [0.25, 0.3) is 0 Å². The SMILES string of the molecule is CC1(C)CCCC(Nc2cc(N)ccc2C(=O)O)C1. The highest BCUT2D eigenvalue weighted by molar-refractivity contribution is 5.95. The van der Waals surface area contributed by atoms with Crippen LogP contribution in [-0.4, -0.2) is 17.1 Å². The fourth-order valence-corrected chi connectivity index (χ4v) is 2.91. The summed E-state index contributed by atoms with van der Waals surface area (Å²) in [4.78, 5) is 11.2. The summed E-state index contributed by atoms with van der Waals surface area (Å²) in [5.74, 6) is -0.919. The lowest BCUT2D eigenvalue weighted by molar-refractivity contribution is 0.0698. The van der Waals surface area contributed by atoms with Gasteiger partial charge >= 0.3 is 5.97 Å². The Morgan fingerprint density at radius 1 is 1.47 bits per heavy atom. The highest BCUT2D eigenvalue weighted by atomic mass is 16.4. The summed E-state index contributed by atoms with van der Waals surface area (Å²) < 4.78 is 0. The molecule has 4 N–H and O–H groups in total. The Morgan fingerprint density at radius 2 is 2.21 bits per heavy atom. The molecule has 0 radical (unpaired) electrons. The summed E-state index contributed by atoms with van der Waals surface area (Å²) >= 11 is 0. The first-order valence-electron chi connectivity index (χ1n) is 6.77. The summed E-state index contributed by atoms with van der Waals surface area (Å²) in [5.41, 5.74) is 7.58. The van der Waals surface area contributed by atoms with Gasteiger partial charge in [0.15, 0.2) is 0 Å². The van der Waals surface area contributed by atoms with Crippen molar-refractivity contribution in [2.45, 2.75) is 45.6 Å². The molecule has 1 saturated carbocycles. The van der Waals surface area contributed by atoms with Gasteiger partial charge < -0.3 is 16.2 Å². The van der Waals surface area contributed by atoms with Crippen LogP contribution in [-0.2, 0) is 0 Å². The lowest BCUT2D eigenvalue weighted by Crippen LogP contribution is -2.32. The van der Waals surface area contributed by atoms with Crippen LogP contribution in [0.4, 0.5) is 11.4 Å². The van der Waals surface area contributed by atoms with E-state index in [1.54, 1.807) is 18.2 Å². The molecule has 1 unspecified atom stereocenters. The van der Waals surface area contributed by atoms with Crippen molar-refractivity contribution in [3.63, 3.8) is 0 Å². The van der Waals surface area contributed by atoms with Crippen molar-refractivity contribution in [3.05, 3.63) is 23.8 Å². The number of nitrogen functional groups attached to an aromatic ring is 1. The molecule has 0 heterocycles. The molecule has 0 spiro atoms. The molecular formula is C15H22N2O2. The van der Waals surface area contributed by atoms with Crippen molar-refractivity contribution < 1.29 is 9.90 Å². The third-order valence-electron chi connectivity index (χ3n) is 3.84. The zero-order valence-corrected chi connectivity index (χ0v) is 11.6. The van der Waals surface area contributed by atoms with Crippen LogP contribution in [0.1, 0.15) is 49.9 Å². The van der Waals surface area contributed by atoms with Crippen LogP contribution in [0.2, 0.25) is 0 Å². The van der Waals surface area contributed by atoms with Gasteiger partial charge in [-0.2, -0.15) is 0 Å². The number of hydrogen-bond donors (Lipinski definition) is 3. The summed E-state index contributed by atoms with van der Waals surface area (Å²) in [6.45, 7) is 4.52. The van der Waals surface area contributed by atoms with E-state index in [0.29, 0.717) is 22.8 Å². The normalized spacial score (nSPS) is 21.9. The van der Waals surface area contributed by atoms with Gasteiger partial charge in [-0.15, -0.1) is 0 Å². The van der Waals surface area contributed by atoms with Crippen LogP contribution in [0.3, 0.4) is 0 Å². The summed E-state index contributed by atoms with van der Waals surface area (Å²) in [5, 5.41) is 12.6. The van der Waals surface area contributed by atoms with Crippen molar-refractivity contribution in [1.82, 2.24) is 0 Å². The minimum atomic E-state index is -0.919. The predicted molar refractivity (Wildman–Crippen MR) is 77.5 cm³/mol. The fourth-order valence-electron chi connectivity index (χ4n) is 2.91. The minimum Gasteiger partial charge on any atom is -0.478 e. The second kappa shape index (κ2) is 5.11. The van der Waals surface area contributed by atoms with E-state index < -0.39 is 5.97 Å². The van der Waals surface area contributed by atoms with Gasteiger partial charge in [-0.1, -0.05) is 20.3 Å². The van der Waals surface area contributed by atoms with E-state index in [9.17, 15) is 9.90 Å². The summed E-state index contributed by atoms with van der Waals surface area (Å²) in [7, 11) is 0.